The lowest BCUT2D eigenvalue weighted by atomic mass is 9.82. The van der Waals surface area contributed by atoms with Gasteiger partial charge in [-0.05, 0) is 13.8 Å². The summed E-state index contributed by atoms with van der Waals surface area (Å²) in [6.45, 7) is 1.97. The summed E-state index contributed by atoms with van der Waals surface area (Å²) >= 11 is 0. The Morgan fingerprint density at radius 2 is 2.30 bits per heavy atom. The number of ether oxygens (including phenoxy) is 1. The molecule has 3 heterocycles. The topological polar surface area (TPSA) is 143 Å². The van der Waals surface area contributed by atoms with Crippen molar-refractivity contribution in [2.45, 2.75) is 37.3 Å². The van der Waals surface area contributed by atoms with E-state index in [1.54, 1.807) is 13.0 Å². The monoisotopic (exact) mass is 322 g/mol. The minimum atomic E-state index is -2.50. The molecule has 0 unspecified atom stereocenters. The molecule has 0 aliphatic carbocycles. The third-order valence-electron chi connectivity index (χ3n) is 4.12. The molecule has 2 aromatic rings. The summed E-state index contributed by atoms with van der Waals surface area (Å²) in [5.74, 6) is 0.356. The van der Waals surface area contributed by atoms with Gasteiger partial charge in [-0.25, -0.2) is 18.9 Å². The zero-order valence-electron chi connectivity index (χ0n) is 12.4. The third kappa shape index (κ3) is 1.84. The van der Waals surface area contributed by atoms with Gasteiger partial charge in [-0.2, -0.15) is 10.4 Å². The van der Waals surface area contributed by atoms with Crippen LogP contribution in [-0.4, -0.2) is 54.3 Å². The maximum absolute atomic E-state index is 15.2. The number of nitriles is 1. The van der Waals surface area contributed by atoms with Crippen LogP contribution in [0, 0.1) is 18.3 Å². The normalized spacial score (nSPS) is 33.9. The number of fused-ring (bicyclic) bond motifs is 1. The number of rotatable bonds is 2. The predicted molar refractivity (Wildman–Crippen MR) is 74.7 cm³/mol. The summed E-state index contributed by atoms with van der Waals surface area (Å²) in [6.07, 6.45) is -1.75. The lowest BCUT2D eigenvalue weighted by Gasteiger charge is -2.30. The van der Waals surface area contributed by atoms with Crippen LogP contribution in [0.1, 0.15) is 18.4 Å². The summed E-state index contributed by atoms with van der Waals surface area (Å²) in [4.78, 5) is 7.96. The van der Waals surface area contributed by atoms with Gasteiger partial charge in [0.15, 0.2) is 17.1 Å². The first kappa shape index (κ1) is 15.5. The fourth-order valence-electron chi connectivity index (χ4n) is 2.86. The molecule has 0 amide bonds. The molecule has 1 aliphatic heterocycles. The second kappa shape index (κ2) is 4.82. The number of aryl methyl sites for hydroxylation is 1. The van der Waals surface area contributed by atoms with E-state index < -0.39 is 30.1 Å². The molecular formula is C13H15FN6O3. The fraction of sp³-hybridized carbons (Fsp3) is 0.538. The van der Waals surface area contributed by atoms with E-state index in [4.69, 9.17) is 10.5 Å². The van der Waals surface area contributed by atoms with Gasteiger partial charge in [-0.3, -0.25) is 0 Å². The highest BCUT2D eigenvalue weighted by Crippen LogP contribution is 2.49. The van der Waals surface area contributed by atoms with Gasteiger partial charge < -0.3 is 20.7 Å². The molecule has 0 saturated carbocycles. The van der Waals surface area contributed by atoms with E-state index >= 15 is 4.39 Å². The SMILES string of the molecule is Cc1nc(N)c2ncc([C@]3(C#N)O[C@H](CO)[C@@H](O)[C@@]3(C)F)n2n1. The van der Waals surface area contributed by atoms with E-state index in [0.717, 1.165) is 6.92 Å². The van der Waals surface area contributed by atoms with Gasteiger partial charge in [-0.1, -0.05) is 0 Å². The Hall–Kier alpha value is -2.35. The molecule has 0 spiro atoms. The van der Waals surface area contributed by atoms with Crippen molar-refractivity contribution in [3.8, 4) is 6.07 Å². The molecule has 0 bridgehead atoms. The van der Waals surface area contributed by atoms with Crippen molar-refractivity contribution in [3.05, 3.63) is 17.7 Å². The van der Waals surface area contributed by atoms with Crippen LogP contribution in [0.4, 0.5) is 10.2 Å². The number of nitrogens with two attached hydrogens (primary N) is 1. The minimum Gasteiger partial charge on any atom is -0.394 e. The highest BCUT2D eigenvalue weighted by Gasteiger charge is 2.67. The minimum absolute atomic E-state index is 0.0350. The van der Waals surface area contributed by atoms with Gasteiger partial charge in [0, 0.05) is 0 Å². The summed E-state index contributed by atoms with van der Waals surface area (Å²) in [5.41, 5.74) is 1.16. The fourth-order valence-corrected chi connectivity index (χ4v) is 2.86. The number of alkyl halides is 1. The van der Waals surface area contributed by atoms with Gasteiger partial charge in [0.1, 0.15) is 29.8 Å². The molecule has 3 rings (SSSR count). The number of halogens is 1. The van der Waals surface area contributed by atoms with Crippen LogP contribution in [0.15, 0.2) is 6.20 Å². The first-order valence-electron chi connectivity index (χ1n) is 6.83. The number of hydrogen-bond donors (Lipinski definition) is 3. The third-order valence-corrected chi connectivity index (χ3v) is 4.12. The largest absolute Gasteiger partial charge is 0.394 e. The summed E-state index contributed by atoms with van der Waals surface area (Å²) in [5, 5.41) is 33.1. The Kier molecular flexibility index (Phi) is 3.26. The van der Waals surface area contributed by atoms with Crippen LogP contribution >= 0.6 is 0 Å². The molecule has 10 heteroatoms. The average Bonchev–Trinajstić information content (AvgIpc) is 2.99. The first-order chi connectivity index (χ1) is 10.8. The number of aromatic nitrogens is 4. The Morgan fingerprint density at radius 1 is 1.61 bits per heavy atom. The Morgan fingerprint density at radius 3 is 2.87 bits per heavy atom. The van der Waals surface area contributed by atoms with Crippen molar-refractivity contribution >= 4 is 11.5 Å². The van der Waals surface area contributed by atoms with Crippen molar-refractivity contribution in [3.63, 3.8) is 0 Å². The second-order valence-corrected chi connectivity index (χ2v) is 5.58. The molecule has 1 saturated heterocycles. The second-order valence-electron chi connectivity index (χ2n) is 5.58. The van der Waals surface area contributed by atoms with Gasteiger partial charge in [0.05, 0.1) is 12.8 Å². The molecular weight excluding hydrogens is 307 g/mol. The highest BCUT2D eigenvalue weighted by atomic mass is 19.1. The highest BCUT2D eigenvalue weighted by molar-refractivity contribution is 5.60. The average molecular weight is 322 g/mol. The van der Waals surface area contributed by atoms with Gasteiger partial charge in [0.2, 0.25) is 5.60 Å². The van der Waals surface area contributed by atoms with E-state index in [0.29, 0.717) is 5.82 Å². The van der Waals surface area contributed by atoms with Crippen molar-refractivity contribution in [2.75, 3.05) is 12.3 Å². The van der Waals surface area contributed by atoms with Gasteiger partial charge in [0.25, 0.3) is 0 Å². The number of aliphatic hydroxyl groups is 2. The van der Waals surface area contributed by atoms with E-state index in [1.807, 2.05) is 0 Å². The number of nitrogen functional groups attached to an aromatic ring is 1. The lowest BCUT2D eigenvalue weighted by Crippen LogP contribution is -2.48. The van der Waals surface area contributed by atoms with Crippen molar-refractivity contribution in [1.29, 1.82) is 5.26 Å². The molecule has 9 nitrogen and oxygen atoms in total. The summed E-state index contributed by atoms with van der Waals surface area (Å²) in [7, 11) is 0. The Labute approximate surface area is 130 Å². The van der Waals surface area contributed by atoms with E-state index in [2.05, 4.69) is 15.1 Å². The quantitative estimate of drug-likeness (QED) is 0.653. The first-order valence-corrected chi connectivity index (χ1v) is 6.83. The van der Waals surface area contributed by atoms with Crippen molar-refractivity contribution in [2.24, 2.45) is 0 Å². The van der Waals surface area contributed by atoms with Gasteiger partial charge in [-0.15, -0.1) is 0 Å². The van der Waals surface area contributed by atoms with E-state index in [1.165, 1.54) is 10.7 Å². The zero-order valence-corrected chi connectivity index (χ0v) is 12.4. The van der Waals surface area contributed by atoms with E-state index in [-0.39, 0.29) is 17.2 Å². The summed E-state index contributed by atoms with van der Waals surface area (Å²) < 4.78 is 21.8. The number of imidazole rings is 1. The Balaban J connectivity index is 2.29. The van der Waals surface area contributed by atoms with Crippen LogP contribution in [-0.2, 0) is 10.3 Å². The molecule has 122 valence electrons. The lowest BCUT2D eigenvalue weighted by molar-refractivity contribution is -0.0719. The predicted octanol–water partition coefficient (Wildman–Crippen LogP) is -0.786. The number of anilines is 1. The number of aliphatic hydroxyl groups excluding tert-OH is 2. The molecule has 23 heavy (non-hydrogen) atoms. The molecule has 4 N–H and O–H groups in total. The van der Waals surface area contributed by atoms with Crippen molar-refractivity contribution in [1.82, 2.24) is 19.6 Å². The molecule has 4 atom stereocenters. The van der Waals surface area contributed by atoms with Crippen LogP contribution in [0.5, 0.6) is 0 Å². The van der Waals surface area contributed by atoms with Crippen LogP contribution in [0.2, 0.25) is 0 Å². The molecule has 2 aromatic heterocycles. The molecule has 0 aromatic carbocycles. The molecule has 1 fully saturated rings. The zero-order chi connectivity index (χ0) is 17.0. The van der Waals surface area contributed by atoms with E-state index in [9.17, 15) is 15.5 Å². The maximum atomic E-state index is 15.2. The number of nitrogens with zero attached hydrogens (tertiary/aromatic N) is 5. The standard InChI is InChI=1S/C13H15FN6O3/c1-6-18-10(16)11-17-3-8(20(11)19-6)13(5-15)12(2,14)9(22)7(4-21)23-13/h3,7,9,21-22H,4H2,1-2H3,(H2,16,18,19)/t7-,9-,12-,13+/m1/s1. The van der Waals surface area contributed by atoms with Crippen LogP contribution < -0.4 is 5.73 Å². The summed E-state index contributed by atoms with van der Waals surface area (Å²) in [6, 6.07) is 1.77. The molecule has 1 aliphatic rings. The maximum Gasteiger partial charge on any atom is 0.235 e. The van der Waals surface area contributed by atoms with Crippen molar-refractivity contribution < 1.29 is 19.3 Å². The molecule has 0 radical (unpaired) electrons. The Bertz CT molecular complexity index is 816. The van der Waals surface area contributed by atoms with Crippen LogP contribution in [0.3, 0.4) is 0 Å². The smallest absolute Gasteiger partial charge is 0.235 e. The van der Waals surface area contributed by atoms with Crippen LogP contribution in [0.25, 0.3) is 5.65 Å². The number of hydrogen-bond acceptors (Lipinski definition) is 8. The van der Waals surface area contributed by atoms with Gasteiger partial charge >= 0.3 is 0 Å².